The number of Topliss-reactive ketones (excluding diaryl/α,β-unsaturated/α-hetero) is 7. The number of ether oxygens (including phenoxy) is 6. The maximum absolute atomic E-state index is 12.6. The lowest BCUT2D eigenvalue weighted by Crippen LogP contribution is -2.47. The van der Waals surface area contributed by atoms with E-state index >= 15 is 0 Å². The highest BCUT2D eigenvalue weighted by Crippen LogP contribution is 2.57. The molecule has 8 aliphatic carbocycles. The normalized spacial score (nSPS) is 27.9. The highest BCUT2D eigenvalue weighted by atomic mass is 35.5. The van der Waals surface area contributed by atoms with Crippen LogP contribution in [0.15, 0.2) is 152 Å². The summed E-state index contributed by atoms with van der Waals surface area (Å²) in [5, 5.41) is 9.62. The van der Waals surface area contributed by atoms with Crippen molar-refractivity contribution in [2.45, 2.75) is 160 Å². The number of alkyl halides is 2. The molecule has 3 spiro atoms. The van der Waals surface area contributed by atoms with E-state index in [9.17, 15) is 38.7 Å². The van der Waals surface area contributed by atoms with Gasteiger partial charge >= 0.3 is 0 Å². The molecule has 8 saturated carbocycles. The molecule has 3 heterocycles. The second kappa shape index (κ2) is 35.6. The molecular weight excluding hydrogens is 1280 g/mol. The Morgan fingerprint density at radius 2 is 0.704 bits per heavy atom. The first-order chi connectivity index (χ1) is 47.6. The third-order valence-corrected chi connectivity index (χ3v) is 23.2. The van der Waals surface area contributed by atoms with Crippen molar-refractivity contribution in [3.05, 3.63) is 179 Å². The van der Waals surface area contributed by atoms with Gasteiger partial charge in [-0.15, -0.1) is 23.2 Å². The second-order valence-electron chi connectivity index (χ2n) is 28.3. The Labute approximate surface area is 589 Å². The van der Waals surface area contributed by atoms with Crippen LogP contribution in [0.5, 0.6) is 0 Å². The maximum atomic E-state index is 12.6. The van der Waals surface area contributed by atoms with E-state index in [2.05, 4.69) is 13.8 Å². The van der Waals surface area contributed by atoms with Crippen LogP contribution in [0.3, 0.4) is 0 Å². The standard InChI is InChI=1S/C17H20O3.C15H16O2.C12H16O.C10H10Cl2O.C10H16O3.C10H14O3.C8H8O/c18-16(12-4-2-1-3-5-12)13-10-14-6-7-15(11-13)17(14)19-8-9-20-17;16-14(10-4-2-1-3-5-10)13-8-11-6-7-12(9-13)15(11)17;1-3-10(4-2)12(13)11-8-6-5-7-9-11;11-6-9(7-12)10(13)8-4-2-1-3-5-8;2*11-9-5-7-1-2-8(6-9)10(7)12-3-4-13-10;1-7(9)8-5-3-2-4-6-8/h1-5,13-15H,6-11H2;1-5,11-13H,6-9H2;5-10H,3-4H2,1-2H3;1-5,9H,6-7H2;7-9,11H,1-6H2;7-8H,1-6H2;2-6H,1H3. The van der Waals surface area contributed by atoms with E-state index in [1.54, 1.807) is 19.1 Å². The van der Waals surface area contributed by atoms with Gasteiger partial charge < -0.3 is 33.5 Å². The molecule has 3 saturated heterocycles. The molecule has 5 aromatic carbocycles. The number of ketones is 7. The molecular formula is C82H100Cl2O14. The number of fused-ring (bicyclic) bond motifs is 2. The van der Waals surface area contributed by atoms with Crippen LogP contribution in [0.1, 0.15) is 188 Å². The topological polar surface area (TPSA) is 195 Å². The fourth-order valence-corrected chi connectivity index (χ4v) is 18.1. The van der Waals surface area contributed by atoms with E-state index < -0.39 is 0 Å². The van der Waals surface area contributed by atoms with Crippen LogP contribution in [0.4, 0.5) is 0 Å². The first-order valence-electron chi connectivity index (χ1n) is 36.2. The molecule has 98 heavy (non-hydrogen) atoms. The number of rotatable bonds is 13. The zero-order chi connectivity index (χ0) is 69.2. The molecule has 3 aliphatic heterocycles. The first kappa shape index (κ1) is 74.8. The molecule has 8 unspecified atom stereocenters. The summed E-state index contributed by atoms with van der Waals surface area (Å²) in [6.07, 6.45) is 17.1. The van der Waals surface area contributed by atoms with Crippen molar-refractivity contribution in [1.82, 2.24) is 0 Å². The Balaban J connectivity index is 0.000000125. The molecule has 16 rings (SSSR count). The molecule has 11 aliphatic rings. The van der Waals surface area contributed by atoms with Crippen molar-refractivity contribution in [3.8, 4) is 0 Å². The van der Waals surface area contributed by atoms with Gasteiger partial charge in [0.1, 0.15) is 11.6 Å². The van der Waals surface area contributed by atoms with Crippen LogP contribution in [0.25, 0.3) is 0 Å². The number of halogens is 2. The Morgan fingerprint density at radius 3 is 1.03 bits per heavy atom. The van der Waals surface area contributed by atoms with Crippen LogP contribution < -0.4 is 0 Å². The second-order valence-corrected chi connectivity index (χ2v) is 28.9. The minimum absolute atomic E-state index is 0.0191. The third kappa shape index (κ3) is 17.7. The minimum Gasteiger partial charge on any atom is -0.393 e. The fourth-order valence-electron chi connectivity index (χ4n) is 17.5. The van der Waals surface area contributed by atoms with Crippen molar-refractivity contribution in [3.63, 3.8) is 0 Å². The molecule has 16 heteroatoms. The SMILES string of the molecule is CC(=O)c1ccccc1.CCC(CC)C(=O)c1ccccc1.O=C(c1ccccc1)C(CCl)CCl.O=C(c1ccccc1)C1CC2CCC(C1)C21OCCO1.O=C(c1ccccc1)C1CC2CCC(C1)C2=O.O=C1CC2CCC(C1)C21OCCO1.OC1CC2CCC(C1)C21OCCO1. The average molecular weight is 1380 g/mol. The summed E-state index contributed by atoms with van der Waals surface area (Å²) in [6, 6.07) is 47.0. The van der Waals surface area contributed by atoms with Gasteiger partial charge in [0.25, 0.3) is 0 Å². The van der Waals surface area contributed by atoms with E-state index in [0.29, 0.717) is 97.7 Å². The largest absolute Gasteiger partial charge is 0.393 e. The number of hydrogen-bond acceptors (Lipinski definition) is 14. The van der Waals surface area contributed by atoms with Gasteiger partial charge in [-0.25, -0.2) is 0 Å². The predicted octanol–water partition coefficient (Wildman–Crippen LogP) is 16.1. The number of carbonyl (C=O) groups is 7. The summed E-state index contributed by atoms with van der Waals surface area (Å²) in [6.45, 7) is 10.0. The highest BCUT2D eigenvalue weighted by Gasteiger charge is 2.61. The first-order valence-corrected chi connectivity index (χ1v) is 37.3. The highest BCUT2D eigenvalue weighted by molar-refractivity contribution is 6.24. The van der Waals surface area contributed by atoms with Gasteiger partial charge in [0, 0.05) is 123 Å². The molecule has 8 bridgehead atoms. The van der Waals surface area contributed by atoms with Crippen LogP contribution in [-0.2, 0) is 38.0 Å². The number of benzene rings is 5. The van der Waals surface area contributed by atoms with Crippen molar-refractivity contribution in [1.29, 1.82) is 0 Å². The molecule has 526 valence electrons. The quantitative estimate of drug-likeness (QED) is 0.0863. The lowest BCUT2D eigenvalue weighted by atomic mass is 9.73. The predicted molar refractivity (Wildman–Crippen MR) is 377 cm³/mol. The zero-order valence-corrected chi connectivity index (χ0v) is 58.8. The van der Waals surface area contributed by atoms with E-state index in [0.717, 1.165) is 125 Å². The van der Waals surface area contributed by atoms with Gasteiger partial charge in [0.2, 0.25) is 0 Å². The fraction of sp³-hybridized carbons (Fsp3) is 0.549. The summed E-state index contributed by atoms with van der Waals surface area (Å²) in [4.78, 5) is 82.2. The van der Waals surface area contributed by atoms with Crippen LogP contribution in [0, 0.1) is 71.0 Å². The zero-order valence-electron chi connectivity index (χ0n) is 57.3. The van der Waals surface area contributed by atoms with Crippen molar-refractivity contribution in [2.75, 3.05) is 51.4 Å². The lowest BCUT2D eigenvalue weighted by Gasteiger charge is -2.41. The molecule has 5 aromatic rings. The van der Waals surface area contributed by atoms with Crippen LogP contribution in [0.2, 0.25) is 0 Å². The Bertz CT molecular complexity index is 3250. The number of carbonyl (C=O) groups excluding carboxylic acids is 7. The molecule has 14 nitrogen and oxygen atoms in total. The van der Waals surface area contributed by atoms with Gasteiger partial charge in [-0.05, 0) is 110 Å². The van der Waals surface area contributed by atoms with E-state index in [4.69, 9.17) is 51.6 Å². The summed E-state index contributed by atoms with van der Waals surface area (Å²) in [7, 11) is 0. The Hall–Kier alpha value is -5.91. The number of aliphatic hydroxyl groups excluding tert-OH is 1. The third-order valence-electron chi connectivity index (χ3n) is 22.5. The molecule has 1 N–H and O–H groups in total. The number of hydrogen-bond donors (Lipinski definition) is 1. The summed E-state index contributed by atoms with van der Waals surface area (Å²) in [5.41, 5.74) is 3.94. The minimum atomic E-state index is -0.340. The van der Waals surface area contributed by atoms with Gasteiger partial charge in [-0.1, -0.05) is 166 Å². The van der Waals surface area contributed by atoms with Crippen molar-refractivity contribution >= 4 is 63.7 Å². The molecule has 8 atom stereocenters. The van der Waals surface area contributed by atoms with Gasteiger partial charge in [0.05, 0.1) is 45.7 Å². The van der Waals surface area contributed by atoms with E-state index in [1.165, 1.54) is 12.8 Å². The van der Waals surface area contributed by atoms with Gasteiger partial charge in [-0.2, -0.15) is 0 Å². The van der Waals surface area contributed by atoms with Gasteiger partial charge in [0.15, 0.2) is 46.3 Å². The number of aliphatic hydroxyl groups is 1. The average Bonchev–Trinajstić information content (AvgIpc) is 1.65. The van der Waals surface area contributed by atoms with Crippen LogP contribution in [-0.4, -0.2) is 120 Å². The molecule has 11 fully saturated rings. The monoisotopic (exact) mass is 1380 g/mol. The lowest BCUT2D eigenvalue weighted by molar-refractivity contribution is -0.233. The molecule has 0 radical (unpaired) electrons. The molecule has 0 amide bonds. The summed E-state index contributed by atoms with van der Waals surface area (Å²) >= 11 is 11.2. The van der Waals surface area contributed by atoms with Crippen LogP contribution >= 0.6 is 23.2 Å². The van der Waals surface area contributed by atoms with E-state index in [1.807, 2.05) is 140 Å². The smallest absolute Gasteiger partial charge is 0.174 e. The summed E-state index contributed by atoms with van der Waals surface area (Å²) in [5.74, 6) is 4.26. The van der Waals surface area contributed by atoms with Gasteiger partial charge in [-0.3, -0.25) is 33.6 Å². The van der Waals surface area contributed by atoms with Crippen molar-refractivity contribution in [2.24, 2.45) is 71.0 Å². The summed E-state index contributed by atoms with van der Waals surface area (Å²) < 4.78 is 35.0. The van der Waals surface area contributed by atoms with Crippen molar-refractivity contribution < 1.29 is 67.1 Å². The Kier molecular flexibility index (Phi) is 27.2. The van der Waals surface area contributed by atoms with E-state index in [-0.39, 0.29) is 93.9 Å². The maximum Gasteiger partial charge on any atom is 0.174 e. The molecule has 0 aromatic heterocycles. The Morgan fingerprint density at radius 1 is 0.408 bits per heavy atom.